The van der Waals surface area contributed by atoms with Crippen LogP contribution in [0.5, 0.6) is 0 Å². The zero-order valence-corrected chi connectivity index (χ0v) is 18.4. The molecule has 7 heteroatoms. The lowest BCUT2D eigenvalue weighted by Gasteiger charge is -2.33. The smallest absolute Gasteiger partial charge is 0.338 e. The Labute approximate surface area is 182 Å². The molecular weight excluding hydrogens is 452 g/mol. The summed E-state index contributed by atoms with van der Waals surface area (Å²) < 4.78 is 6.48. The molecule has 2 heterocycles. The van der Waals surface area contributed by atoms with E-state index >= 15 is 0 Å². The molecule has 1 saturated heterocycles. The van der Waals surface area contributed by atoms with Gasteiger partial charge < -0.3 is 4.74 Å². The number of halogens is 1. The maximum Gasteiger partial charge on any atom is 0.338 e. The minimum absolute atomic E-state index is 0.0559. The second-order valence-corrected chi connectivity index (χ2v) is 9.10. The molecule has 29 heavy (non-hydrogen) atoms. The summed E-state index contributed by atoms with van der Waals surface area (Å²) in [5.74, 6) is -0.518. The van der Waals surface area contributed by atoms with Gasteiger partial charge in [-0.3, -0.25) is 9.69 Å². The lowest BCUT2D eigenvalue weighted by atomic mass is 9.94. The Morgan fingerprint density at radius 2 is 1.97 bits per heavy atom. The highest BCUT2D eigenvalue weighted by molar-refractivity contribution is 9.10. The lowest BCUT2D eigenvalue weighted by Crippen LogP contribution is -2.40. The van der Waals surface area contributed by atoms with Crippen molar-refractivity contribution in [2.75, 3.05) is 0 Å². The summed E-state index contributed by atoms with van der Waals surface area (Å²) in [7, 11) is 0. The van der Waals surface area contributed by atoms with Crippen molar-refractivity contribution in [1.29, 1.82) is 0 Å². The van der Waals surface area contributed by atoms with Gasteiger partial charge in [0, 0.05) is 4.47 Å². The first-order chi connectivity index (χ1) is 14.0. The van der Waals surface area contributed by atoms with E-state index < -0.39 is 12.0 Å². The third-order valence-corrected chi connectivity index (χ3v) is 6.40. The molecule has 148 valence electrons. The van der Waals surface area contributed by atoms with E-state index in [1.807, 2.05) is 61.5 Å². The highest BCUT2D eigenvalue weighted by Gasteiger charge is 2.46. The van der Waals surface area contributed by atoms with Crippen molar-refractivity contribution in [1.82, 2.24) is 4.90 Å². The summed E-state index contributed by atoms with van der Waals surface area (Å²) in [5, 5.41) is 0.389. The number of esters is 1. The molecule has 0 saturated carbocycles. The normalized spacial score (nSPS) is 21.1. The molecule has 0 unspecified atom stereocenters. The topological polar surface area (TPSA) is 59.0 Å². The Balaban J connectivity index is 1.72. The number of ether oxygens (including phenoxy) is 1. The largest absolute Gasteiger partial charge is 0.457 e. The third kappa shape index (κ3) is 3.89. The van der Waals surface area contributed by atoms with E-state index in [1.165, 1.54) is 11.8 Å². The number of amides is 1. The number of amidine groups is 1. The molecule has 2 aliphatic rings. The van der Waals surface area contributed by atoms with Crippen LogP contribution in [0.4, 0.5) is 0 Å². The molecule has 0 bridgehead atoms. The van der Waals surface area contributed by atoms with E-state index in [4.69, 9.17) is 4.74 Å². The van der Waals surface area contributed by atoms with E-state index in [9.17, 15) is 9.59 Å². The van der Waals surface area contributed by atoms with Crippen molar-refractivity contribution in [2.45, 2.75) is 31.7 Å². The van der Waals surface area contributed by atoms with Crippen molar-refractivity contribution in [3.8, 4) is 0 Å². The van der Waals surface area contributed by atoms with Gasteiger partial charge in [-0.05, 0) is 37.1 Å². The molecule has 0 spiro atoms. The Kier molecular flexibility index (Phi) is 5.61. The molecule has 2 aromatic rings. The minimum Gasteiger partial charge on any atom is -0.457 e. The van der Waals surface area contributed by atoms with Crippen LogP contribution in [0.2, 0.25) is 0 Å². The second-order valence-electron chi connectivity index (χ2n) is 6.88. The zero-order valence-electron chi connectivity index (χ0n) is 16.0. The van der Waals surface area contributed by atoms with E-state index in [0.29, 0.717) is 16.4 Å². The Hall–Kier alpha value is -2.38. The maximum atomic E-state index is 13.1. The number of hydrogen-bond acceptors (Lipinski definition) is 5. The van der Waals surface area contributed by atoms with E-state index in [0.717, 1.165) is 15.6 Å². The van der Waals surface area contributed by atoms with Gasteiger partial charge in [-0.1, -0.05) is 70.2 Å². The SMILES string of the molecule is CC1=C(C(=O)OCc2ccccc2)[C@@H](c2cccc(Br)c2)N2C(=O)[C@@H](C)SC2=N1. The molecule has 2 aromatic carbocycles. The van der Waals surface area contributed by atoms with E-state index in [2.05, 4.69) is 20.9 Å². The fourth-order valence-electron chi connectivity index (χ4n) is 3.46. The average Bonchev–Trinajstić information content (AvgIpc) is 2.99. The van der Waals surface area contributed by atoms with Crippen LogP contribution in [0.1, 0.15) is 31.0 Å². The van der Waals surface area contributed by atoms with Gasteiger partial charge in [-0.2, -0.15) is 0 Å². The molecular formula is C22H19BrN2O3S. The number of thioether (sulfide) groups is 1. The van der Waals surface area contributed by atoms with Crippen LogP contribution in [-0.4, -0.2) is 27.2 Å². The number of rotatable bonds is 4. The fraction of sp³-hybridized carbons (Fsp3) is 0.227. The average molecular weight is 471 g/mol. The number of carbonyl (C=O) groups is 2. The molecule has 0 N–H and O–H groups in total. The number of fused-ring (bicyclic) bond motifs is 1. The number of allylic oxidation sites excluding steroid dienone is 1. The summed E-state index contributed by atoms with van der Waals surface area (Å²) >= 11 is 4.91. The number of aliphatic imine (C=N–C) groups is 1. The molecule has 2 atom stereocenters. The zero-order chi connectivity index (χ0) is 20.5. The summed E-state index contributed by atoms with van der Waals surface area (Å²) in [6, 6.07) is 16.6. The first-order valence-corrected chi connectivity index (χ1v) is 10.9. The van der Waals surface area contributed by atoms with Gasteiger partial charge in [0.05, 0.1) is 22.6 Å². The standard InChI is InChI=1S/C22H19BrN2O3S/c1-13-18(21(27)28-12-15-7-4-3-5-8-15)19(16-9-6-10-17(23)11-16)25-20(26)14(2)29-22(25)24-13/h3-11,14,19H,12H2,1-2H3/t14-,19-/m1/s1. The highest BCUT2D eigenvalue weighted by Crippen LogP contribution is 2.43. The molecule has 1 fully saturated rings. The van der Waals surface area contributed by atoms with Crippen LogP contribution in [0.15, 0.2) is 75.3 Å². The lowest BCUT2D eigenvalue weighted by molar-refractivity contribution is -0.141. The first-order valence-electron chi connectivity index (χ1n) is 9.21. The van der Waals surface area contributed by atoms with Gasteiger partial charge in [0.1, 0.15) is 6.61 Å². The van der Waals surface area contributed by atoms with Gasteiger partial charge in [-0.25, -0.2) is 9.79 Å². The maximum absolute atomic E-state index is 13.1. The van der Waals surface area contributed by atoms with Crippen LogP contribution < -0.4 is 0 Å². The second kappa shape index (κ2) is 8.16. The Morgan fingerprint density at radius 3 is 2.69 bits per heavy atom. The summed E-state index contributed by atoms with van der Waals surface area (Å²) in [5.41, 5.74) is 2.71. The van der Waals surface area contributed by atoms with Gasteiger partial charge in [0.2, 0.25) is 5.91 Å². The van der Waals surface area contributed by atoms with Gasteiger partial charge >= 0.3 is 5.97 Å². The van der Waals surface area contributed by atoms with Crippen molar-refractivity contribution < 1.29 is 14.3 Å². The number of carbonyl (C=O) groups excluding carboxylic acids is 2. The van der Waals surface area contributed by atoms with Crippen LogP contribution in [0.3, 0.4) is 0 Å². The molecule has 0 radical (unpaired) electrons. The minimum atomic E-state index is -0.562. The first kappa shape index (κ1) is 19.9. The van der Waals surface area contributed by atoms with Crippen LogP contribution in [0, 0.1) is 0 Å². The predicted octanol–water partition coefficient (Wildman–Crippen LogP) is 4.84. The molecule has 0 aromatic heterocycles. The van der Waals surface area contributed by atoms with E-state index in [-0.39, 0.29) is 17.8 Å². The van der Waals surface area contributed by atoms with Crippen LogP contribution in [-0.2, 0) is 20.9 Å². The van der Waals surface area contributed by atoms with Crippen molar-refractivity contribution in [3.63, 3.8) is 0 Å². The predicted molar refractivity (Wildman–Crippen MR) is 117 cm³/mol. The Morgan fingerprint density at radius 1 is 1.21 bits per heavy atom. The van der Waals surface area contributed by atoms with E-state index in [1.54, 1.807) is 11.8 Å². The summed E-state index contributed by atoms with van der Waals surface area (Å²) in [6.07, 6.45) is 0. The Bertz CT molecular complexity index is 1040. The molecule has 1 amide bonds. The van der Waals surface area contributed by atoms with Crippen molar-refractivity contribution in [2.24, 2.45) is 4.99 Å². The van der Waals surface area contributed by atoms with Crippen molar-refractivity contribution in [3.05, 3.63) is 81.5 Å². The summed E-state index contributed by atoms with van der Waals surface area (Å²) in [4.78, 5) is 32.2. The molecule has 2 aliphatic heterocycles. The summed E-state index contributed by atoms with van der Waals surface area (Å²) in [6.45, 7) is 3.81. The van der Waals surface area contributed by atoms with Crippen LogP contribution >= 0.6 is 27.7 Å². The number of benzene rings is 2. The third-order valence-electron chi connectivity index (χ3n) is 4.86. The molecule has 5 nitrogen and oxygen atoms in total. The van der Waals surface area contributed by atoms with Gasteiger partial charge in [0.25, 0.3) is 0 Å². The van der Waals surface area contributed by atoms with Gasteiger partial charge in [0.15, 0.2) is 5.17 Å². The highest BCUT2D eigenvalue weighted by atomic mass is 79.9. The monoisotopic (exact) mass is 470 g/mol. The quantitative estimate of drug-likeness (QED) is 0.599. The molecule has 0 aliphatic carbocycles. The molecule has 4 rings (SSSR count). The fourth-order valence-corrected chi connectivity index (χ4v) is 4.90. The van der Waals surface area contributed by atoms with Gasteiger partial charge in [-0.15, -0.1) is 0 Å². The number of hydrogen-bond donors (Lipinski definition) is 0. The van der Waals surface area contributed by atoms with Crippen molar-refractivity contribution >= 4 is 44.7 Å². The number of nitrogens with zero attached hydrogens (tertiary/aromatic N) is 2. The van der Waals surface area contributed by atoms with Crippen LogP contribution in [0.25, 0.3) is 0 Å².